The first-order chi connectivity index (χ1) is 14.8. The van der Waals surface area contributed by atoms with Gasteiger partial charge in [0.2, 0.25) is 11.8 Å². The van der Waals surface area contributed by atoms with E-state index >= 15 is 0 Å². The van der Waals surface area contributed by atoms with Gasteiger partial charge in [-0.3, -0.25) is 0 Å². The zero-order chi connectivity index (χ0) is 20.3. The molecule has 10 heteroatoms. The molecule has 10 nitrogen and oxygen atoms in total. The van der Waals surface area contributed by atoms with E-state index in [1.54, 1.807) is 24.6 Å². The molecule has 0 aliphatic rings. The number of nitrogen functional groups attached to an aromatic ring is 1. The number of furan rings is 1. The molecule has 5 aromatic rings. The molecule has 1 aromatic carbocycles. The average molecular weight is 403 g/mol. The Bertz CT molecular complexity index is 1260. The summed E-state index contributed by atoms with van der Waals surface area (Å²) in [5.74, 6) is 1.29. The first-order valence-corrected chi connectivity index (χ1v) is 9.71. The fourth-order valence-corrected chi connectivity index (χ4v) is 3.29. The second kappa shape index (κ2) is 7.84. The lowest BCUT2D eigenvalue weighted by Crippen LogP contribution is -2.26. The third kappa shape index (κ3) is 3.44. The van der Waals surface area contributed by atoms with Crippen molar-refractivity contribution in [2.24, 2.45) is 0 Å². The maximum absolute atomic E-state index is 6.12. The SMILES string of the molecule is Nc1nc2c(cnn2CCNCCNc2ccccc2)c2nc(-c3ccco3)nn12. The number of nitrogens with zero attached hydrogens (tertiary/aromatic N) is 6. The van der Waals surface area contributed by atoms with Gasteiger partial charge in [0, 0.05) is 25.3 Å². The summed E-state index contributed by atoms with van der Waals surface area (Å²) in [4.78, 5) is 9.05. The van der Waals surface area contributed by atoms with Gasteiger partial charge >= 0.3 is 0 Å². The van der Waals surface area contributed by atoms with E-state index in [2.05, 4.69) is 42.9 Å². The number of nitrogens with two attached hydrogens (primary N) is 1. The average Bonchev–Trinajstić information content (AvgIpc) is 3.50. The molecular formula is C20H21N9O. The van der Waals surface area contributed by atoms with E-state index in [0.29, 0.717) is 29.4 Å². The van der Waals surface area contributed by atoms with Gasteiger partial charge in [-0.15, -0.1) is 5.10 Å². The molecule has 0 radical (unpaired) electrons. The fourth-order valence-electron chi connectivity index (χ4n) is 3.29. The molecule has 0 fully saturated rings. The Morgan fingerprint density at radius 3 is 2.70 bits per heavy atom. The Morgan fingerprint density at radius 1 is 0.967 bits per heavy atom. The molecule has 0 atom stereocenters. The highest BCUT2D eigenvalue weighted by molar-refractivity contribution is 5.90. The molecule has 5 rings (SSSR count). The van der Waals surface area contributed by atoms with Gasteiger partial charge in [-0.25, -0.2) is 9.67 Å². The summed E-state index contributed by atoms with van der Waals surface area (Å²) < 4.78 is 8.72. The number of nitrogens with one attached hydrogen (secondary N) is 2. The van der Waals surface area contributed by atoms with Crippen LogP contribution in [-0.4, -0.2) is 49.0 Å². The number of rotatable bonds is 8. The Morgan fingerprint density at radius 2 is 1.87 bits per heavy atom. The van der Waals surface area contributed by atoms with Gasteiger partial charge in [0.05, 0.1) is 24.4 Å². The van der Waals surface area contributed by atoms with E-state index in [1.807, 2.05) is 22.9 Å². The van der Waals surface area contributed by atoms with Crippen LogP contribution in [0, 0.1) is 0 Å². The van der Waals surface area contributed by atoms with Crippen molar-refractivity contribution in [1.82, 2.24) is 34.7 Å². The highest BCUT2D eigenvalue weighted by Crippen LogP contribution is 2.23. The molecule has 0 saturated heterocycles. The van der Waals surface area contributed by atoms with Crippen LogP contribution in [0.15, 0.2) is 59.3 Å². The van der Waals surface area contributed by atoms with E-state index in [0.717, 1.165) is 30.7 Å². The van der Waals surface area contributed by atoms with Crippen molar-refractivity contribution in [3.05, 3.63) is 54.9 Å². The molecule has 0 amide bonds. The molecule has 4 N–H and O–H groups in total. The summed E-state index contributed by atoms with van der Waals surface area (Å²) >= 11 is 0. The lowest BCUT2D eigenvalue weighted by molar-refractivity contribution is 0.571. The van der Waals surface area contributed by atoms with Gasteiger partial charge < -0.3 is 20.8 Å². The summed E-state index contributed by atoms with van der Waals surface area (Å²) in [7, 11) is 0. The van der Waals surface area contributed by atoms with Gasteiger partial charge in [-0.05, 0) is 24.3 Å². The van der Waals surface area contributed by atoms with E-state index < -0.39 is 0 Å². The number of fused-ring (bicyclic) bond motifs is 3. The maximum Gasteiger partial charge on any atom is 0.225 e. The lowest BCUT2D eigenvalue weighted by Gasteiger charge is -2.08. The van der Waals surface area contributed by atoms with E-state index in [4.69, 9.17) is 10.2 Å². The Balaban J connectivity index is 1.26. The van der Waals surface area contributed by atoms with Crippen LogP contribution < -0.4 is 16.4 Å². The van der Waals surface area contributed by atoms with Crippen LogP contribution in [-0.2, 0) is 6.54 Å². The van der Waals surface area contributed by atoms with Crippen molar-refractivity contribution in [2.75, 3.05) is 30.7 Å². The molecule has 4 aromatic heterocycles. The molecule has 0 aliphatic carbocycles. The van der Waals surface area contributed by atoms with Gasteiger partial charge in [-0.2, -0.15) is 14.6 Å². The predicted octanol–water partition coefficient (Wildman–Crippen LogP) is 2.02. The van der Waals surface area contributed by atoms with Crippen molar-refractivity contribution >= 4 is 28.3 Å². The number of aromatic nitrogens is 6. The first kappa shape index (κ1) is 18.1. The Hall–Kier alpha value is -3.92. The van der Waals surface area contributed by atoms with Gasteiger partial charge in [-0.1, -0.05) is 18.2 Å². The van der Waals surface area contributed by atoms with Crippen LogP contribution in [0.1, 0.15) is 0 Å². The van der Waals surface area contributed by atoms with Crippen molar-refractivity contribution in [1.29, 1.82) is 0 Å². The summed E-state index contributed by atoms with van der Waals surface area (Å²) in [5, 5.41) is 16.4. The normalized spacial score (nSPS) is 11.5. The van der Waals surface area contributed by atoms with Crippen molar-refractivity contribution in [3.63, 3.8) is 0 Å². The molecule has 0 aliphatic heterocycles. The minimum absolute atomic E-state index is 0.254. The monoisotopic (exact) mass is 403 g/mol. The van der Waals surface area contributed by atoms with Gasteiger partial charge in [0.15, 0.2) is 17.1 Å². The van der Waals surface area contributed by atoms with Crippen LogP contribution in [0.25, 0.3) is 28.3 Å². The molecule has 0 bridgehead atoms. The van der Waals surface area contributed by atoms with Gasteiger partial charge in [0.1, 0.15) is 0 Å². The van der Waals surface area contributed by atoms with E-state index in [9.17, 15) is 0 Å². The summed E-state index contributed by atoms with van der Waals surface area (Å²) in [5.41, 5.74) is 8.52. The van der Waals surface area contributed by atoms with Crippen LogP contribution in [0.2, 0.25) is 0 Å². The van der Waals surface area contributed by atoms with Crippen molar-refractivity contribution in [3.8, 4) is 11.6 Å². The number of para-hydroxylation sites is 1. The van der Waals surface area contributed by atoms with Crippen LogP contribution >= 0.6 is 0 Å². The van der Waals surface area contributed by atoms with Crippen molar-refractivity contribution < 1.29 is 4.42 Å². The minimum atomic E-state index is 0.254. The summed E-state index contributed by atoms with van der Waals surface area (Å²) in [6.07, 6.45) is 3.33. The minimum Gasteiger partial charge on any atom is -0.461 e. The molecule has 152 valence electrons. The highest BCUT2D eigenvalue weighted by Gasteiger charge is 2.17. The molecule has 30 heavy (non-hydrogen) atoms. The molecule has 0 spiro atoms. The molecular weight excluding hydrogens is 382 g/mol. The quantitative estimate of drug-likeness (QED) is 0.336. The topological polar surface area (TPSA) is 124 Å². The first-order valence-electron chi connectivity index (χ1n) is 9.71. The van der Waals surface area contributed by atoms with E-state index in [1.165, 1.54) is 4.52 Å². The largest absolute Gasteiger partial charge is 0.461 e. The maximum atomic E-state index is 6.12. The second-order valence-electron chi connectivity index (χ2n) is 6.77. The summed E-state index contributed by atoms with van der Waals surface area (Å²) in [6, 6.07) is 13.7. The van der Waals surface area contributed by atoms with Crippen molar-refractivity contribution in [2.45, 2.75) is 6.54 Å². The highest BCUT2D eigenvalue weighted by atomic mass is 16.3. The number of hydrogen-bond donors (Lipinski definition) is 3. The zero-order valence-electron chi connectivity index (χ0n) is 16.2. The van der Waals surface area contributed by atoms with Crippen LogP contribution in [0.3, 0.4) is 0 Å². The third-order valence-electron chi connectivity index (χ3n) is 4.74. The Kier molecular flexibility index (Phi) is 4.74. The predicted molar refractivity (Wildman–Crippen MR) is 114 cm³/mol. The zero-order valence-corrected chi connectivity index (χ0v) is 16.2. The molecule has 0 unspecified atom stereocenters. The Labute approximate surface area is 171 Å². The number of anilines is 2. The summed E-state index contributed by atoms with van der Waals surface area (Å²) in [6.45, 7) is 3.09. The smallest absolute Gasteiger partial charge is 0.225 e. The number of benzene rings is 1. The van der Waals surface area contributed by atoms with E-state index in [-0.39, 0.29) is 5.95 Å². The number of hydrogen-bond acceptors (Lipinski definition) is 8. The lowest BCUT2D eigenvalue weighted by atomic mass is 10.3. The third-order valence-corrected chi connectivity index (χ3v) is 4.74. The van der Waals surface area contributed by atoms with Crippen LogP contribution in [0.5, 0.6) is 0 Å². The molecule has 4 heterocycles. The standard InChI is InChI=1S/C20H21N9O/c21-20-26-18-15(19-25-17(27-29(19)20)16-7-4-12-30-16)13-24-28(18)11-10-22-8-9-23-14-5-2-1-3-6-14/h1-7,12-13,22-23H,8-11H2,(H2,21,26). The van der Waals surface area contributed by atoms with Crippen LogP contribution in [0.4, 0.5) is 11.6 Å². The molecule has 0 saturated carbocycles. The van der Waals surface area contributed by atoms with Gasteiger partial charge in [0.25, 0.3) is 0 Å². The fraction of sp³-hybridized carbons (Fsp3) is 0.200. The second-order valence-corrected chi connectivity index (χ2v) is 6.77.